The summed E-state index contributed by atoms with van der Waals surface area (Å²) in [5.74, 6) is 0.869. The number of hydrogen-bond acceptors (Lipinski definition) is 3. The van der Waals surface area contributed by atoms with Crippen molar-refractivity contribution in [3.05, 3.63) is 0 Å². The van der Waals surface area contributed by atoms with E-state index in [1.165, 1.54) is 45.2 Å². The summed E-state index contributed by atoms with van der Waals surface area (Å²) in [6, 6.07) is 0.635. The molecular weight excluding hydrogens is 222 g/mol. The van der Waals surface area contributed by atoms with Gasteiger partial charge >= 0.3 is 0 Å². The summed E-state index contributed by atoms with van der Waals surface area (Å²) >= 11 is 0. The van der Waals surface area contributed by atoms with Crippen molar-refractivity contribution < 1.29 is 0 Å². The maximum Gasteiger partial charge on any atom is 0.0309 e. The number of likely N-dealkylation sites (N-methyl/N-ethyl adjacent to an activating group) is 1. The van der Waals surface area contributed by atoms with E-state index < -0.39 is 0 Å². The lowest BCUT2D eigenvalue weighted by Crippen LogP contribution is -2.63. The average molecular weight is 253 g/mol. The Morgan fingerprint density at radius 2 is 1.72 bits per heavy atom. The van der Waals surface area contributed by atoms with Crippen LogP contribution in [0.1, 0.15) is 46.0 Å². The third-order valence-corrected chi connectivity index (χ3v) is 5.13. The minimum absolute atomic E-state index is 0.277. The van der Waals surface area contributed by atoms with E-state index in [1.54, 1.807) is 0 Å². The predicted molar refractivity (Wildman–Crippen MR) is 77.9 cm³/mol. The van der Waals surface area contributed by atoms with Crippen LogP contribution in [-0.4, -0.2) is 49.7 Å². The molecule has 0 spiro atoms. The van der Waals surface area contributed by atoms with E-state index >= 15 is 0 Å². The molecule has 0 aromatic heterocycles. The Morgan fingerprint density at radius 1 is 1.11 bits per heavy atom. The van der Waals surface area contributed by atoms with E-state index in [0.29, 0.717) is 6.04 Å². The Labute approximate surface area is 113 Å². The van der Waals surface area contributed by atoms with E-state index in [9.17, 15) is 0 Å². The molecule has 18 heavy (non-hydrogen) atoms. The second kappa shape index (κ2) is 6.36. The summed E-state index contributed by atoms with van der Waals surface area (Å²) < 4.78 is 0. The normalized spacial score (nSPS) is 26.2. The number of rotatable bonds is 4. The van der Waals surface area contributed by atoms with Crippen molar-refractivity contribution in [2.45, 2.75) is 57.5 Å². The molecule has 1 saturated heterocycles. The van der Waals surface area contributed by atoms with E-state index in [4.69, 9.17) is 0 Å². The van der Waals surface area contributed by atoms with Gasteiger partial charge in [0.2, 0.25) is 0 Å². The summed E-state index contributed by atoms with van der Waals surface area (Å²) in [4.78, 5) is 2.68. The molecule has 3 heteroatoms. The van der Waals surface area contributed by atoms with Gasteiger partial charge in [-0.3, -0.25) is 4.90 Å². The first-order chi connectivity index (χ1) is 8.66. The Kier molecular flexibility index (Phi) is 5.05. The zero-order valence-corrected chi connectivity index (χ0v) is 12.5. The lowest BCUT2D eigenvalue weighted by molar-refractivity contribution is 0.0404. The maximum atomic E-state index is 3.65. The Bertz CT molecular complexity index is 240. The highest BCUT2D eigenvalue weighted by Gasteiger charge is 2.39. The standard InChI is InChI=1S/C15H31N3/c1-15(2,18-11-9-17-10-12-18)14(16-3)13-7-5-4-6-8-13/h13-14,16-17H,4-12H2,1-3H3. The smallest absolute Gasteiger partial charge is 0.0309 e. The third kappa shape index (κ3) is 3.06. The van der Waals surface area contributed by atoms with Gasteiger partial charge in [-0.1, -0.05) is 19.3 Å². The molecule has 1 atom stereocenters. The molecule has 2 rings (SSSR count). The molecule has 0 bridgehead atoms. The van der Waals surface area contributed by atoms with Crippen LogP contribution >= 0.6 is 0 Å². The zero-order chi connectivity index (χ0) is 13.0. The van der Waals surface area contributed by atoms with Gasteiger partial charge in [0, 0.05) is 37.8 Å². The van der Waals surface area contributed by atoms with Crippen LogP contribution in [0.25, 0.3) is 0 Å². The summed E-state index contributed by atoms with van der Waals surface area (Å²) in [6.07, 6.45) is 7.14. The topological polar surface area (TPSA) is 27.3 Å². The SMILES string of the molecule is CNC(C1CCCCC1)C(C)(C)N1CCNCC1. The quantitative estimate of drug-likeness (QED) is 0.800. The fourth-order valence-electron chi connectivity index (χ4n) is 4.07. The fourth-order valence-corrected chi connectivity index (χ4v) is 4.07. The number of hydrogen-bond donors (Lipinski definition) is 2. The van der Waals surface area contributed by atoms with Gasteiger partial charge in [-0.2, -0.15) is 0 Å². The Hall–Kier alpha value is -0.120. The predicted octanol–water partition coefficient (Wildman–Crippen LogP) is 1.84. The van der Waals surface area contributed by atoms with Gasteiger partial charge in [-0.15, -0.1) is 0 Å². The van der Waals surface area contributed by atoms with Gasteiger partial charge in [0.25, 0.3) is 0 Å². The second-order valence-corrected chi connectivity index (χ2v) is 6.56. The van der Waals surface area contributed by atoms with Crippen LogP contribution in [0.4, 0.5) is 0 Å². The molecule has 2 aliphatic rings. The van der Waals surface area contributed by atoms with Gasteiger partial charge in [0.15, 0.2) is 0 Å². The molecule has 1 heterocycles. The van der Waals surface area contributed by atoms with Crippen molar-refractivity contribution >= 4 is 0 Å². The molecule has 2 fully saturated rings. The first-order valence-corrected chi connectivity index (χ1v) is 7.79. The highest BCUT2D eigenvalue weighted by atomic mass is 15.3. The third-order valence-electron chi connectivity index (χ3n) is 5.13. The minimum Gasteiger partial charge on any atom is -0.315 e. The molecule has 1 aliphatic carbocycles. The van der Waals surface area contributed by atoms with E-state index in [-0.39, 0.29) is 5.54 Å². The van der Waals surface area contributed by atoms with Crippen LogP contribution in [0, 0.1) is 5.92 Å². The number of piperazine rings is 1. The first kappa shape index (κ1) is 14.3. The molecular formula is C15H31N3. The van der Waals surface area contributed by atoms with Gasteiger partial charge < -0.3 is 10.6 Å². The highest BCUT2D eigenvalue weighted by molar-refractivity contribution is 4.98. The molecule has 2 N–H and O–H groups in total. The van der Waals surface area contributed by atoms with Gasteiger partial charge in [-0.25, -0.2) is 0 Å². The average Bonchev–Trinajstić information content (AvgIpc) is 2.41. The van der Waals surface area contributed by atoms with E-state index in [2.05, 4.69) is 36.4 Å². The maximum absolute atomic E-state index is 3.65. The lowest BCUT2D eigenvalue weighted by atomic mass is 9.75. The largest absolute Gasteiger partial charge is 0.315 e. The number of nitrogens with zero attached hydrogens (tertiary/aromatic N) is 1. The molecule has 0 radical (unpaired) electrons. The van der Waals surface area contributed by atoms with Crippen LogP contribution in [0.5, 0.6) is 0 Å². The van der Waals surface area contributed by atoms with Crippen LogP contribution < -0.4 is 10.6 Å². The van der Waals surface area contributed by atoms with Crippen molar-refractivity contribution in [3.63, 3.8) is 0 Å². The molecule has 1 unspecified atom stereocenters. The van der Waals surface area contributed by atoms with Gasteiger partial charge in [-0.05, 0) is 39.7 Å². The summed E-state index contributed by atoms with van der Waals surface area (Å²) in [6.45, 7) is 9.55. The number of nitrogens with one attached hydrogen (secondary N) is 2. The van der Waals surface area contributed by atoms with Crippen molar-refractivity contribution in [2.75, 3.05) is 33.2 Å². The fraction of sp³-hybridized carbons (Fsp3) is 1.00. The lowest BCUT2D eigenvalue weighted by Gasteiger charge is -2.49. The molecule has 1 saturated carbocycles. The molecule has 0 amide bonds. The summed E-state index contributed by atoms with van der Waals surface area (Å²) in [5.41, 5.74) is 0.277. The first-order valence-electron chi connectivity index (χ1n) is 7.79. The van der Waals surface area contributed by atoms with Gasteiger partial charge in [0.05, 0.1) is 0 Å². The van der Waals surface area contributed by atoms with Crippen molar-refractivity contribution in [3.8, 4) is 0 Å². The summed E-state index contributed by atoms with van der Waals surface area (Å²) in [7, 11) is 2.16. The summed E-state index contributed by atoms with van der Waals surface area (Å²) in [5, 5.41) is 7.11. The van der Waals surface area contributed by atoms with E-state index in [0.717, 1.165) is 19.0 Å². The van der Waals surface area contributed by atoms with Crippen LogP contribution in [0.15, 0.2) is 0 Å². The van der Waals surface area contributed by atoms with Crippen molar-refractivity contribution in [2.24, 2.45) is 5.92 Å². The van der Waals surface area contributed by atoms with Gasteiger partial charge in [0.1, 0.15) is 0 Å². The Balaban J connectivity index is 2.03. The van der Waals surface area contributed by atoms with Crippen molar-refractivity contribution in [1.29, 1.82) is 0 Å². The van der Waals surface area contributed by atoms with Crippen LogP contribution in [0.3, 0.4) is 0 Å². The van der Waals surface area contributed by atoms with Crippen LogP contribution in [0.2, 0.25) is 0 Å². The van der Waals surface area contributed by atoms with Crippen molar-refractivity contribution in [1.82, 2.24) is 15.5 Å². The second-order valence-electron chi connectivity index (χ2n) is 6.56. The Morgan fingerprint density at radius 3 is 2.28 bits per heavy atom. The van der Waals surface area contributed by atoms with Crippen LogP contribution in [-0.2, 0) is 0 Å². The molecule has 106 valence electrons. The highest BCUT2D eigenvalue weighted by Crippen LogP contribution is 2.33. The molecule has 0 aromatic rings. The molecule has 3 nitrogen and oxygen atoms in total. The van der Waals surface area contributed by atoms with E-state index in [1.807, 2.05) is 0 Å². The minimum atomic E-state index is 0.277. The monoisotopic (exact) mass is 253 g/mol. The zero-order valence-electron chi connectivity index (χ0n) is 12.5. The molecule has 1 aliphatic heterocycles. The molecule has 0 aromatic carbocycles.